The topological polar surface area (TPSA) is 57.6 Å². The van der Waals surface area contributed by atoms with Crippen molar-refractivity contribution in [1.29, 1.82) is 0 Å². The number of rotatable bonds is 4. The van der Waals surface area contributed by atoms with Crippen molar-refractivity contribution in [3.05, 3.63) is 35.4 Å². The molecular weight excluding hydrogens is 290 g/mol. The summed E-state index contributed by atoms with van der Waals surface area (Å²) in [6.07, 6.45) is 6.02. The molecule has 0 spiro atoms. The maximum atomic E-state index is 12.8. The summed E-state index contributed by atoms with van der Waals surface area (Å²) >= 11 is 0. The average Bonchev–Trinajstić information content (AvgIpc) is 2.93. The molecule has 2 aliphatic rings. The van der Waals surface area contributed by atoms with Crippen LogP contribution in [0, 0.1) is 12.8 Å². The van der Waals surface area contributed by atoms with E-state index in [1.54, 1.807) is 4.90 Å². The fourth-order valence-electron chi connectivity index (χ4n) is 4.30. The summed E-state index contributed by atoms with van der Waals surface area (Å²) in [4.78, 5) is 26.1. The Balaban J connectivity index is 1.71. The van der Waals surface area contributed by atoms with Gasteiger partial charge in [-0.2, -0.15) is 0 Å². The maximum Gasteiger partial charge on any atom is 0.326 e. The largest absolute Gasteiger partial charge is 0.480 e. The standard InChI is InChI=1S/C19H25NO3/c1-13-6-2-3-7-14(13)10-11-18(21)20-16-9-5-4-8-15(16)12-17(20)19(22)23/h2-3,6-7,15-17H,4-5,8-12H2,1H3,(H,22,23). The van der Waals surface area contributed by atoms with Crippen molar-refractivity contribution in [2.45, 2.75) is 64.0 Å². The number of benzene rings is 1. The summed E-state index contributed by atoms with van der Waals surface area (Å²) in [5.41, 5.74) is 2.36. The van der Waals surface area contributed by atoms with Gasteiger partial charge < -0.3 is 10.0 Å². The van der Waals surface area contributed by atoms with E-state index in [-0.39, 0.29) is 11.9 Å². The van der Waals surface area contributed by atoms with Crippen LogP contribution in [0.25, 0.3) is 0 Å². The van der Waals surface area contributed by atoms with Gasteiger partial charge in [0.05, 0.1) is 0 Å². The van der Waals surface area contributed by atoms with E-state index in [1.807, 2.05) is 31.2 Å². The second-order valence-electron chi connectivity index (χ2n) is 6.93. The average molecular weight is 315 g/mol. The molecule has 23 heavy (non-hydrogen) atoms. The number of carboxylic acids is 1. The smallest absolute Gasteiger partial charge is 0.326 e. The number of carboxylic acid groups (broad SMARTS) is 1. The highest BCUT2D eigenvalue weighted by molar-refractivity contribution is 5.85. The third-order valence-electron chi connectivity index (χ3n) is 5.53. The normalized spacial score (nSPS) is 26.8. The van der Waals surface area contributed by atoms with Crippen LogP contribution in [0.5, 0.6) is 0 Å². The number of carbonyl (C=O) groups excluding carboxylic acids is 1. The molecule has 1 heterocycles. The highest BCUT2D eigenvalue weighted by atomic mass is 16.4. The van der Waals surface area contributed by atoms with E-state index in [2.05, 4.69) is 0 Å². The zero-order chi connectivity index (χ0) is 16.4. The molecule has 1 amide bonds. The van der Waals surface area contributed by atoms with Crippen LogP contribution in [-0.4, -0.2) is 34.0 Å². The molecule has 124 valence electrons. The third-order valence-corrected chi connectivity index (χ3v) is 5.53. The summed E-state index contributed by atoms with van der Waals surface area (Å²) in [6, 6.07) is 7.60. The number of carbonyl (C=O) groups is 2. The number of hydrogen-bond acceptors (Lipinski definition) is 2. The van der Waals surface area contributed by atoms with Gasteiger partial charge >= 0.3 is 5.97 Å². The SMILES string of the molecule is Cc1ccccc1CCC(=O)N1C(C(=O)O)CC2CCCCC21. The van der Waals surface area contributed by atoms with Gasteiger partial charge in [-0.1, -0.05) is 37.1 Å². The number of aliphatic carboxylic acids is 1. The number of nitrogens with zero attached hydrogens (tertiary/aromatic N) is 1. The van der Waals surface area contributed by atoms with Crippen molar-refractivity contribution in [3.63, 3.8) is 0 Å². The highest BCUT2D eigenvalue weighted by Gasteiger charge is 2.47. The van der Waals surface area contributed by atoms with Crippen LogP contribution in [0.1, 0.15) is 49.7 Å². The first-order valence-electron chi connectivity index (χ1n) is 8.66. The predicted octanol–water partition coefficient (Wildman–Crippen LogP) is 3.17. The Kier molecular flexibility index (Phi) is 4.69. The second kappa shape index (κ2) is 6.73. The van der Waals surface area contributed by atoms with Gasteiger partial charge in [-0.25, -0.2) is 4.79 Å². The Hall–Kier alpha value is -1.84. The van der Waals surface area contributed by atoms with Crippen LogP contribution in [0.15, 0.2) is 24.3 Å². The van der Waals surface area contributed by atoms with E-state index < -0.39 is 12.0 Å². The van der Waals surface area contributed by atoms with E-state index in [1.165, 1.54) is 17.5 Å². The van der Waals surface area contributed by atoms with Gasteiger partial charge in [0.1, 0.15) is 6.04 Å². The molecule has 1 aromatic rings. The molecule has 1 N–H and O–H groups in total. The molecule has 4 heteroatoms. The molecule has 3 unspecified atom stereocenters. The van der Waals surface area contributed by atoms with Crippen LogP contribution >= 0.6 is 0 Å². The van der Waals surface area contributed by atoms with Crippen LogP contribution in [-0.2, 0) is 16.0 Å². The number of likely N-dealkylation sites (tertiary alicyclic amines) is 1. The fraction of sp³-hybridized carbons (Fsp3) is 0.579. The van der Waals surface area contributed by atoms with Crippen LogP contribution in [0.4, 0.5) is 0 Å². The molecule has 1 saturated carbocycles. The Morgan fingerprint density at radius 1 is 1.22 bits per heavy atom. The van der Waals surface area contributed by atoms with Crippen molar-refractivity contribution in [2.75, 3.05) is 0 Å². The van der Waals surface area contributed by atoms with E-state index in [0.717, 1.165) is 19.3 Å². The lowest BCUT2D eigenvalue weighted by atomic mass is 9.84. The zero-order valence-corrected chi connectivity index (χ0v) is 13.7. The van der Waals surface area contributed by atoms with Gasteiger partial charge in [-0.3, -0.25) is 4.79 Å². The lowest BCUT2D eigenvalue weighted by Gasteiger charge is -2.33. The first kappa shape index (κ1) is 16.0. The minimum atomic E-state index is -0.844. The van der Waals surface area contributed by atoms with E-state index in [0.29, 0.717) is 25.2 Å². The van der Waals surface area contributed by atoms with E-state index in [9.17, 15) is 14.7 Å². The molecule has 1 aliphatic heterocycles. The lowest BCUT2D eigenvalue weighted by Crippen LogP contribution is -2.46. The summed E-state index contributed by atoms with van der Waals surface area (Å²) in [7, 11) is 0. The molecular formula is C19H25NO3. The number of fused-ring (bicyclic) bond motifs is 1. The van der Waals surface area contributed by atoms with Crippen molar-refractivity contribution >= 4 is 11.9 Å². The van der Waals surface area contributed by atoms with E-state index >= 15 is 0 Å². The molecule has 1 aromatic carbocycles. The van der Waals surface area contributed by atoms with Gasteiger partial charge in [-0.15, -0.1) is 0 Å². The lowest BCUT2D eigenvalue weighted by molar-refractivity contribution is -0.149. The Labute approximate surface area is 137 Å². The summed E-state index contributed by atoms with van der Waals surface area (Å²) in [5, 5.41) is 9.52. The molecule has 0 bridgehead atoms. The Morgan fingerprint density at radius 3 is 2.70 bits per heavy atom. The highest BCUT2D eigenvalue weighted by Crippen LogP contribution is 2.40. The molecule has 0 radical (unpaired) electrons. The minimum Gasteiger partial charge on any atom is -0.480 e. The number of amides is 1. The summed E-state index contributed by atoms with van der Waals surface area (Å²) < 4.78 is 0. The van der Waals surface area contributed by atoms with Gasteiger partial charge in [0.2, 0.25) is 5.91 Å². The molecule has 0 aromatic heterocycles. The first-order valence-corrected chi connectivity index (χ1v) is 8.66. The fourth-order valence-corrected chi connectivity index (χ4v) is 4.30. The molecule has 1 saturated heterocycles. The van der Waals surface area contributed by atoms with E-state index in [4.69, 9.17) is 0 Å². The van der Waals surface area contributed by atoms with Crippen molar-refractivity contribution in [1.82, 2.24) is 4.90 Å². The molecule has 3 rings (SSSR count). The summed E-state index contributed by atoms with van der Waals surface area (Å²) in [6.45, 7) is 2.05. The maximum absolute atomic E-state index is 12.8. The quantitative estimate of drug-likeness (QED) is 0.928. The van der Waals surface area contributed by atoms with Gasteiger partial charge in [0, 0.05) is 12.5 Å². The number of aryl methyl sites for hydroxylation is 2. The predicted molar refractivity (Wildman–Crippen MR) is 88.1 cm³/mol. The first-order chi connectivity index (χ1) is 11.1. The van der Waals surface area contributed by atoms with Crippen LogP contribution < -0.4 is 0 Å². The molecule has 2 fully saturated rings. The molecule has 3 atom stereocenters. The zero-order valence-electron chi connectivity index (χ0n) is 13.7. The van der Waals surface area contributed by atoms with Crippen LogP contribution in [0.3, 0.4) is 0 Å². The monoisotopic (exact) mass is 315 g/mol. The third kappa shape index (κ3) is 3.26. The van der Waals surface area contributed by atoms with Crippen molar-refractivity contribution < 1.29 is 14.7 Å². The minimum absolute atomic E-state index is 0.00931. The summed E-state index contributed by atoms with van der Waals surface area (Å²) in [5.74, 6) is -0.453. The van der Waals surface area contributed by atoms with Gasteiger partial charge in [-0.05, 0) is 49.7 Å². The number of hydrogen-bond donors (Lipinski definition) is 1. The molecule has 4 nitrogen and oxygen atoms in total. The van der Waals surface area contributed by atoms with Gasteiger partial charge in [0.25, 0.3) is 0 Å². The van der Waals surface area contributed by atoms with Gasteiger partial charge in [0.15, 0.2) is 0 Å². The van der Waals surface area contributed by atoms with Crippen LogP contribution in [0.2, 0.25) is 0 Å². The van der Waals surface area contributed by atoms with Crippen molar-refractivity contribution in [3.8, 4) is 0 Å². The second-order valence-corrected chi connectivity index (χ2v) is 6.93. The Bertz CT molecular complexity index is 598. The Morgan fingerprint density at radius 2 is 1.96 bits per heavy atom. The molecule has 1 aliphatic carbocycles. The van der Waals surface area contributed by atoms with Crippen molar-refractivity contribution in [2.24, 2.45) is 5.92 Å².